The van der Waals surface area contributed by atoms with Crippen molar-refractivity contribution in [2.24, 2.45) is 0 Å². The molecule has 0 spiro atoms. The molecule has 0 N–H and O–H groups in total. The number of ether oxygens (including phenoxy) is 1. The maximum absolute atomic E-state index is 11.3. The second-order valence-electron chi connectivity index (χ2n) is 2.68. The predicted octanol–water partition coefficient (Wildman–Crippen LogP) is 2.00. The molecule has 0 saturated carbocycles. The maximum Gasteiger partial charge on any atom is 0.357 e. The smallest absolute Gasteiger partial charge is 0.357 e. The lowest BCUT2D eigenvalue weighted by molar-refractivity contribution is -0.107. The lowest BCUT2D eigenvalue weighted by Crippen LogP contribution is -2.04. The summed E-state index contributed by atoms with van der Waals surface area (Å²) in [5, 5.41) is 1.49. The van der Waals surface area contributed by atoms with E-state index < -0.39 is 5.97 Å². The lowest BCUT2D eigenvalue weighted by Gasteiger charge is -1.98. The van der Waals surface area contributed by atoms with E-state index in [1.54, 1.807) is 19.2 Å². The van der Waals surface area contributed by atoms with Gasteiger partial charge in [0.05, 0.1) is 11.9 Å². The molecule has 1 heterocycles. The highest BCUT2D eigenvalue weighted by Gasteiger charge is 2.13. The molecule has 1 rings (SSSR count). The van der Waals surface area contributed by atoms with Crippen molar-refractivity contribution in [3.8, 4) is 0 Å². The fraction of sp³-hybridized carbons (Fsp3) is 0.444. The van der Waals surface area contributed by atoms with E-state index in [9.17, 15) is 9.59 Å². The number of carbonyl (C=O) groups is 2. The molecule has 0 aliphatic carbocycles. The molecule has 0 aliphatic rings. The Hall–Kier alpha value is -0.880. The molecule has 0 bridgehead atoms. The molecule has 0 fully saturated rings. The van der Waals surface area contributed by atoms with Gasteiger partial charge in [-0.2, -0.15) is 0 Å². The Morgan fingerprint density at radius 1 is 1.80 bits per heavy atom. The largest absolute Gasteiger partial charge is 0.461 e. The quantitative estimate of drug-likeness (QED) is 0.451. The van der Waals surface area contributed by atoms with Gasteiger partial charge in [-0.05, 0) is 13.8 Å². The molecule has 15 heavy (non-hydrogen) atoms. The SMILES string of the molecule is CCOC(=O)c1csc(SC(C)C=O)n1. The van der Waals surface area contributed by atoms with E-state index in [0.29, 0.717) is 16.6 Å². The van der Waals surface area contributed by atoms with Crippen molar-refractivity contribution in [3.05, 3.63) is 11.1 Å². The van der Waals surface area contributed by atoms with E-state index in [2.05, 4.69) is 4.98 Å². The summed E-state index contributed by atoms with van der Waals surface area (Å²) in [6.07, 6.45) is 0.843. The van der Waals surface area contributed by atoms with E-state index in [-0.39, 0.29) is 5.25 Å². The van der Waals surface area contributed by atoms with Gasteiger partial charge < -0.3 is 9.53 Å². The van der Waals surface area contributed by atoms with Crippen LogP contribution in [0.1, 0.15) is 24.3 Å². The number of thiazole rings is 1. The fourth-order valence-corrected chi connectivity index (χ4v) is 2.66. The van der Waals surface area contributed by atoms with Crippen LogP contribution < -0.4 is 0 Å². The van der Waals surface area contributed by atoms with Crippen LogP contribution in [0.5, 0.6) is 0 Å². The Balaban J connectivity index is 2.63. The van der Waals surface area contributed by atoms with E-state index in [0.717, 1.165) is 6.29 Å². The highest BCUT2D eigenvalue weighted by atomic mass is 32.2. The van der Waals surface area contributed by atoms with Crippen LogP contribution in [-0.4, -0.2) is 29.1 Å². The zero-order valence-corrected chi connectivity index (χ0v) is 10.1. The third-order valence-corrected chi connectivity index (χ3v) is 3.43. The third kappa shape index (κ3) is 3.64. The maximum atomic E-state index is 11.3. The standard InChI is InChI=1S/C9H11NO3S2/c1-3-13-8(12)7-5-14-9(10-7)15-6(2)4-11/h4-6H,3H2,1-2H3. The summed E-state index contributed by atoms with van der Waals surface area (Å²) in [5.41, 5.74) is 0.308. The minimum absolute atomic E-state index is 0.147. The summed E-state index contributed by atoms with van der Waals surface area (Å²) in [4.78, 5) is 25.7. The third-order valence-electron chi connectivity index (χ3n) is 1.45. The minimum Gasteiger partial charge on any atom is -0.461 e. The molecule has 0 aliphatic heterocycles. The molecule has 82 valence electrons. The summed E-state index contributed by atoms with van der Waals surface area (Å²) in [6, 6.07) is 0. The van der Waals surface area contributed by atoms with Crippen molar-refractivity contribution >= 4 is 35.4 Å². The number of hydrogen-bond acceptors (Lipinski definition) is 6. The fourth-order valence-electron chi connectivity index (χ4n) is 0.797. The number of nitrogens with zero attached hydrogens (tertiary/aromatic N) is 1. The first kappa shape index (κ1) is 12.2. The Bertz CT molecular complexity index is 351. The van der Waals surface area contributed by atoms with E-state index in [1.807, 2.05) is 0 Å². The van der Waals surface area contributed by atoms with Crippen LogP contribution in [-0.2, 0) is 9.53 Å². The average molecular weight is 245 g/mol. The summed E-state index contributed by atoms with van der Waals surface area (Å²) < 4.78 is 5.51. The number of aromatic nitrogens is 1. The molecule has 4 nitrogen and oxygen atoms in total. The monoisotopic (exact) mass is 245 g/mol. The van der Waals surface area contributed by atoms with Gasteiger partial charge in [0.2, 0.25) is 0 Å². The number of hydrogen-bond donors (Lipinski definition) is 0. The number of carbonyl (C=O) groups excluding carboxylic acids is 2. The van der Waals surface area contributed by atoms with E-state index >= 15 is 0 Å². The number of thioether (sulfide) groups is 1. The molecule has 1 aromatic rings. The minimum atomic E-state index is -0.417. The molecule has 1 atom stereocenters. The molecule has 0 amide bonds. The average Bonchev–Trinajstić information content (AvgIpc) is 2.66. The normalized spacial score (nSPS) is 12.1. The van der Waals surface area contributed by atoms with Crippen LogP contribution in [0.25, 0.3) is 0 Å². The van der Waals surface area contributed by atoms with Crippen molar-refractivity contribution in [2.45, 2.75) is 23.4 Å². The second-order valence-corrected chi connectivity index (χ2v) is 5.16. The second kappa shape index (κ2) is 5.87. The Morgan fingerprint density at radius 3 is 3.13 bits per heavy atom. The highest BCUT2D eigenvalue weighted by molar-refractivity contribution is 8.02. The van der Waals surface area contributed by atoms with Crippen molar-refractivity contribution in [2.75, 3.05) is 6.61 Å². The van der Waals surface area contributed by atoms with E-state index in [1.165, 1.54) is 23.1 Å². The molecule has 0 aromatic carbocycles. The Kier molecular flexibility index (Phi) is 4.77. The zero-order chi connectivity index (χ0) is 11.3. The van der Waals surface area contributed by atoms with Gasteiger partial charge in [0.1, 0.15) is 6.29 Å². The highest BCUT2D eigenvalue weighted by Crippen LogP contribution is 2.25. The van der Waals surface area contributed by atoms with Gasteiger partial charge in [0, 0.05) is 5.38 Å². The predicted molar refractivity (Wildman–Crippen MR) is 59.5 cm³/mol. The Labute approximate surface area is 96.0 Å². The van der Waals surface area contributed by atoms with Gasteiger partial charge in [-0.3, -0.25) is 0 Å². The Morgan fingerprint density at radius 2 is 2.53 bits per heavy atom. The first-order valence-electron chi connectivity index (χ1n) is 4.42. The number of esters is 1. The summed E-state index contributed by atoms with van der Waals surface area (Å²) in [6.45, 7) is 3.86. The summed E-state index contributed by atoms with van der Waals surface area (Å²) in [5.74, 6) is -0.417. The van der Waals surface area contributed by atoms with Crippen molar-refractivity contribution in [1.29, 1.82) is 0 Å². The molecule has 1 unspecified atom stereocenters. The zero-order valence-electron chi connectivity index (χ0n) is 8.43. The van der Waals surface area contributed by atoms with Crippen molar-refractivity contribution in [1.82, 2.24) is 4.98 Å². The van der Waals surface area contributed by atoms with Crippen LogP contribution in [0.4, 0.5) is 0 Å². The van der Waals surface area contributed by atoms with E-state index in [4.69, 9.17) is 4.74 Å². The number of rotatable bonds is 5. The molecule has 1 aromatic heterocycles. The van der Waals surface area contributed by atoms with Crippen LogP contribution in [0.2, 0.25) is 0 Å². The first-order valence-corrected chi connectivity index (χ1v) is 6.18. The molecule has 0 radical (unpaired) electrons. The molecule has 0 saturated heterocycles. The van der Waals surface area contributed by atoms with Gasteiger partial charge in [0.15, 0.2) is 10.0 Å². The van der Waals surface area contributed by atoms with Crippen LogP contribution in [0, 0.1) is 0 Å². The van der Waals surface area contributed by atoms with Gasteiger partial charge in [-0.15, -0.1) is 11.3 Å². The summed E-state index contributed by atoms with van der Waals surface area (Å²) in [7, 11) is 0. The van der Waals surface area contributed by atoms with Gasteiger partial charge in [0.25, 0.3) is 0 Å². The van der Waals surface area contributed by atoms with Gasteiger partial charge in [-0.25, -0.2) is 9.78 Å². The van der Waals surface area contributed by atoms with Gasteiger partial charge >= 0.3 is 5.97 Å². The van der Waals surface area contributed by atoms with Crippen molar-refractivity contribution < 1.29 is 14.3 Å². The van der Waals surface area contributed by atoms with Crippen LogP contribution >= 0.6 is 23.1 Å². The molecular weight excluding hydrogens is 234 g/mol. The van der Waals surface area contributed by atoms with Crippen LogP contribution in [0.3, 0.4) is 0 Å². The topological polar surface area (TPSA) is 56.3 Å². The lowest BCUT2D eigenvalue weighted by atomic mass is 10.5. The molecular formula is C9H11NO3S2. The summed E-state index contributed by atoms with van der Waals surface area (Å²) >= 11 is 2.67. The van der Waals surface area contributed by atoms with Gasteiger partial charge in [-0.1, -0.05) is 11.8 Å². The van der Waals surface area contributed by atoms with Crippen LogP contribution in [0.15, 0.2) is 9.72 Å². The number of aldehydes is 1. The van der Waals surface area contributed by atoms with Crippen molar-refractivity contribution in [3.63, 3.8) is 0 Å². The first-order chi connectivity index (χ1) is 7.17. The molecule has 6 heteroatoms.